The number of aryl methyl sites for hydroxylation is 2. The summed E-state index contributed by atoms with van der Waals surface area (Å²) in [5, 5.41) is 2.88. The van der Waals surface area contributed by atoms with Crippen LogP contribution in [0.15, 0.2) is 36.4 Å². The molecule has 1 unspecified atom stereocenters. The average molecular weight is 366 g/mol. The zero-order valence-electron chi connectivity index (χ0n) is 15.5. The van der Waals surface area contributed by atoms with Crippen LogP contribution < -0.4 is 19.7 Å². The third-order valence-corrected chi connectivity index (χ3v) is 5.14. The second-order valence-electron chi connectivity index (χ2n) is 6.98. The normalized spacial score (nSPS) is 18.1. The molecular formula is C21H22N2O4. The Kier molecular flexibility index (Phi) is 4.48. The molecule has 27 heavy (non-hydrogen) atoms. The van der Waals surface area contributed by atoms with Crippen molar-refractivity contribution in [1.82, 2.24) is 5.32 Å². The Labute approximate surface area is 158 Å². The van der Waals surface area contributed by atoms with Crippen LogP contribution in [0.4, 0.5) is 5.69 Å². The van der Waals surface area contributed by atoms with Crippen LogP contribution >= 0.6 is 0 Å². The van der Waals surface area contributed by atoms with Gasteiger partial charge in [-0.1, -0.05) is 24.3 Å². The molecule has 2 aromatic carbocycles. The van der Waals surface area contributed by atoms with E-state index < -0.39 is 5.92 Å². The van der Waals surface area contributed by atoms with Gasteiger partial charge >= 0.3 is 0 Å². The van der Waals surface area contributed by atoms with Gasteiger partial charge in [0.05, 0.1) is 0 Å². The van der Waals surface area contributed by atoms with E-state index in [0.29, 0.717) is 31.0 Å². The van der Waals surface area contributed by atoms with E-state index in [1.54, 1.807) is 4.90 Å². The maximum Gasteiger partial charge on any atom is 0.239 e. The molecular weight excluding hydrogens is 344 g/mol. The molecule has 2 aliphatic heterocycles. The van der Waals surface area contributed by atoms with Crippen molar-refractivity contribution in [3.63, 3.8) is 0 Å². The zero-order valence-corrected chi connectivity index (χ0v) is 15.5. The maximum atomic E-state index is 12.8. The Hall–Kier alpha value is -3.02. The van der Waals surface area contributed by atoms with Gasteiger partial charge in [-0.25, -0.2) is 0 Å². The van der Waals surface area contributed by atoms with Crippen molar-refractivity contribution in [3.05, 3.63) is 53.1 Å². The number of fused-ring (bicyclic) bond motifs is 1. The Morgan fingerprint density at radius 2 is 1.89 bits per heavy atom. The summed E-state index contributed by atoms with van der Waals surface area (Å²) in [5.41, 5.74) is 3.92. The van der Waals surface area contributed by atoms with Crippen molar-refractivity contribution in [3.8, 4) is 11.5 Å². The highest BCUT2D eigenvalue weighted by Crippen LogP contribution is 2.33. The standard InChI is InChI=1S/C21H22N2O4/c1-13-4-3-5-14(2)19(13)23-9-8-16(21(23)25)20(24)22-11-15-6-7-17-18(10-15)27-12-26-17/h3-7,10,16H,8-9,11-12H2,1-2H3,(H,22,24). The molecule has 0 spiro atoms. The summed E-state index contributed by atoms with van der Waals surface area (Å²) >= 11 is 0. The lowest BCUT2D eigenvalue weighted by molar-refractivity contribution is -0.132. The molecule has 2 aliphatic rings. The number of para-hydroxylation sites is 1. The van der Waals surface area contributed by atoms with Crippen molar-refractivity contribution in [2.24, 2.45) is 5.92 Å². The first kappa shape index (κ1) is 17.4. The Balaban J connectivity index is 1.42. The van der Waals surface area contributed by atoms with Gasteiger partial charge in [-0.05, 0) is 49.1 Å². The zero-order chi connectivity index (χ0) is 19.0. The van der Waals surface area contributed by atoms with Crippen LogP contribution in [0.1, 0.15) is 23.1 Å². The SMILES string of the molecule is Cc1cccc(C)c1N1CCC(C(=O)NCc2ccc3c(c2)OCO3)C1=O. The summed E-state index contributed by atoms with van der Waals surface area (Å²) in [7, 11) is 0. The van der Waals surface area contributed by atoms with Gasteiger partial charge in [0.2, 0.25) is 18.6 Å². The molecule has 0 saturated carbocycles. The fourth-order valence-corrected chi connectivity index (χ4v) is 3.74. The Morgan fingerprint density at radius 3 is 2.67 bits per heavy atom. The minimum atomic E-state index is -0.641. The summed E-state index contributed by atoms with van der Waals surface area (Å²) < 4.78 is 10.6. The van der Waals surface area contributed by atoms with E-state index in [1.165, 1.54) is 0 Å². The number of benzene rings is 2. The largest absolute Gasteiger partial charge is 0.454 e. The number of ether oxygens (including phenoxy) is 2. The lowest BCUT2D eigenvalue weighted by Gasteiger charge is -2.21. The second kappa shape index (κ2) is 6.95. The number of nitrogens with one attached hydrogen (secondary N) is 1. The van der Waals surface area contributed by atoms with Gasteiger partial charge in [-0.15, -0.1) is 0 Å². The van der Waals surface area contributed by atoms with Crippen LogP contribution in [0.3, 0.4) is 0 Å². The molecule has 4 rings (SSSR count). The summed E-state index contributed by atoms with van der Waals surface area (Å²) in [6.07, 6.45) is 0.527. The minimum absolute atomic E-state index is 0.129. The van der Waals surface area contributed by atoms with Gasteiger partial charge in [0.1, 0.15) is 5.92 Å². The number of hydrogen-bond donors (Lipinski definition) is 1. The molecule has 2 aromatic rings. The third-order valence-electron chi connectivity index (χ3n) is 5.14. The molecule has 1 atom stereocenters. The molecule has 0 radical (unpaired) electrons. The van der Waals surface area contributed by atoms with Crippen molar-refractivity contribution in [2.75, 3.05) is 18.2 Å². The van der Waals surface area contributed by atoms with Crippen LogP contribution in [-0.4, -0.2) is 25.2 Å². The topological polar surface area (TPSA) is 67.9 Å². The summed E-state index contributed by atoms with van der Waals surface area (Å²) in [6.45, 7) is 5.11. The Morgan fingerprint density at radius 1 is 1.15 bits per heavy atom. The van der Waals surface area contributed by atoms with Crippen molar-refractivity contribution < 1.29 is 19.1 Å². The van der Waals surface area contributed by atoms with E-state index in [0.717, 1.165) is 22.4 Å². The summed E-state index contributed by atoms with van der Waals surface area (Å²) in [6, 6.07) is 11.5. The van der Waals surface area contributed by atoms with E-state index in [4.69, 9.17) is 9.47 Å². The van der Waals surface area contributed by atoms with Crippen LogP contribution in [0.2, 0.25) is 0 Å². The highest BCUT2D eigenvalue weighted by molar-refractivity contribution is 6.10. The maximum absolute atomic E-state index is 12.8. The molecule has 6 nitrogen and oxygen atoms in total. The van der Waals surface area contributed by atoms with Crippen molar-refractivity contribution >= 4 is 17.5 Å². The molecule has 0 bridgehead atoms. The molecule has 140 valence electrons. The predicted octanol–water partition coefficient (Wildman–Crippen LogP) is 2.70. The summed E-state index contributed by atoms with van der Waals surface area (Å²) in [4.78, 5) is 27.2. The van der Waals surface area contributed by atoms with Crippen LogP contribution in [0.5, 0.6) is 11.5 Å². The molecule has 2 amide bonds. The first-order chi connectivity index (χ1) is 13.0. The molecule has 2 heterocycles. The number of carbonyl (C=O) groups excluding carboxylic acids is 2. The van der Waals surface area contributed by atoms with Crippen LogP contribution in [0, 0.1) is 19.8 Å². The van der Waals surface area contributed by atoms with Gasteiger partial charge in [0.25, 0.3) is 0 Å². The van der Waals surface area contributed by atoms with E-state index in [-0.39, 0.29) is 18.6 Å². The summed E-state index contributed by atoms with van der Waals surface area (Å²) in [5.74, 6) is 0.389. The molecule has 0 aliphatic carbocycles. The lowest BCUT2D eigenvalue weighted by atomic mass is 10.1. The average Bonchev–Trinajstić information content (AvgIpc) is 3.26. The first-order valence-corrected chi connectivity index (χ1v) is 9.08. The number of hydrogen-bond acceptors (Lipinski definition) is 4. The Bertz CT molecular complexity index is 889. The third kappa shape index (κ3) is 3.23. The van der Waals surface area contributed by atoms with Gasteiger partial charge in [-0.3, -0.25) is 9.59 Å². The number of anilines is 1. The molecule has 1 fully saturated rings. The van der Waals surface area contributed by atoms with E-state index in [1.807, 2.05) is 50.2 Å². The van der Waals surface area contributed by atoms with Crippen LogP contribution in [0.25, 0.3) is 0 Å². The number of rotatable bonds is 4. The first-order valence-electron chi connectivity index (χ1n) is 9.08. The van der Waals surface area contributed by atoms with E-state index >= 15 is 0 Å². The monoisotopic (exact) mass is 366 g/mol. The fourth-order valence-electron chi connectivity index (χ4n) is 3.74. The van der Waals surface area contributed by atoms with Gasteiger partial charge in [-0.2, -0.15) is 0 Å². The fraction of sp³-hybridized carbons (Fsp3) is 0.333. The minimum Gasteiger partial charge on any atom is -0.454 e. The molecule has 6 heteroatoms. The second-order valence-corrected chi connectivity index (χ2v) is 6.98. The van der Waals surface area contributed by atoms with Gasteiger partial charge < -0.3 is 19.7 Å². The van der Waals surface area contributed by atoms with E-state index in [2.05, 4.69) is 5.32 Å². The predicted molar refractivity (Wildman–Crippen MR) is 101 cm³/mol. The number of nitrogens with zero attached hydrogens (tertiary/aromatic N) is 1. The van der Waals surface area contributed by atoms with Crippen LogP contribution in [-0.2, 0) is 16.1 Å². The van der Waals surface area contributed by atoms with E-state index in [9.17, 15) is 9.59 Å². The van der Waals surface area contributed by atoms with Crippen molar-refractivity contribution in [1.29, 1.82) is 0 Å². The quantitative estimate of drug-likeness (QED) is 0.845. The lowest BCUT2D eigenvalue weighted by Crippen LogP contribution is -2.37. The number of carbonyl (C=O) groups is 2. The van der Waals surface area contributed by atoms with Gasteiger partial charge in [0, 0.05) is 18.8 Å². The number of amides is 2. The van der Waals surface area contributed by atoms with Crippen molar-refractivity contribution in [2.45, 2.75) is 26.8 Å². The highest BCUT2D eigenvalue weighted by atomic mass is 16.7. The molecule has 1 saturated heterocycles. The smallest absolute Gasteiger partial charge is 0.239 e. The molecule has 0 aromatic heterocycles. The highest BCUT2D eigenvalue weighted by Gasteiger charge is 2.38. The van der Waals surface area contributed by atoms with Gasteiger partial charge in [0.15, 0.2) is 11.5 Å². The molecule has 1 N–H and O–H groups in total.